The van der Waals surface area contributed by atoms with E-state index in [0.717, 1.165) is 5.39 Å². The molecule has 0 saturated heterocycles. The highest BCUT2D eigenvalue weighted by molar-refractivity contribution is 6.04. The first-order valence-corrected chi connectivity index (χ1v) is 4.69. The molecule has 0 atom stereocenters. The Kier molecular flexibility index (Phi) is 1.59. The average Bonchev–Trinajstić information content (AvgIpc) is 2.70. The molecule has 0 radical (unpaired) electrons. The van der Waals surface area contributed by atoms with Gasteiger partial charge in [0.15, 0.2) is 0 Å². The van der Waals surface area contributed by atoms with Crippen LogP contribution in [-0.4, -0.2) is 15.2 Å². The minimum Gasteiger partial charge on any atom is -0.297 e. The quantitative estimate of drug-likeness (QED) is 0.586. The lowest BCUT2D eigenvalue weighted by molar-refractivity contribution is 1.08. The SMILES string of the molecule is N#Cc1cccc2c1ncc1c(=O)[nH][nH]c12. The van der Waals surface area contributed by atoms with Crippen LogP contribution in [0.3, 0.4) is 0 Å². The summed E-state index contributed by atoms with van der Waals surface area (Å²) >= 11 is 0. The molecule has 0 spiro atoms. The molecule has 0 amide bonds. The van der Waals surface area contributed by atoms with Gasteiger partial charge < -0.3 is 0 Å². The first-order chi connectivity index (χ1) is 7.81. The van der Waals surface area contributed by atoms with Crippen molar-refractivity contribution in [2.45, 2.75) is 0 Å². The molecular formula is C11H6N4O. The van der Waals surface area contributed by atoms with E-state index < -0.39 is 0 Å². The molecule has 0 aliphatic heterocycles. The fourth-order valence-electron chi connectivity index (χ4n) is 1.81. The highest BCUT2D eigenvalue weighted by atomic mass is 16.1. The molecule has 0 unspecified atom stereocenters. The standard InChI is InChI=1S/C11H6N4O/c12-4-6-2-1-3-7-9(6)13-5-8-10(7)14-15-11(8)16/h1-3,5H,(H2,14,15,16). The van der Waals surface area contributed by atoms with Gasteiger partial charge in [0.05, 0.1) is 22.0 Å². The highest BCUT2D eigenvalue weighted by Crippen LogP contribution is 2.21. The first kappa shape index (κ1) is 8.68. The van der Waals surface area contributed by atoms with E-state index in [2.05, 4.69) is 21.3 Å². The van der Waals surface area contributed by atoms with Crippen LogP contribution in [-0.2, 0) is 0 Å². The molecule has 3 rings (SSSR count). The predicted molar refractivity (Wildman–Crippen MR) is 58.9 cm³/mol. The molecule has 0 fully saturated rings. The molecule has 1 aromatic carbocycles. The Bertz CT molecular complexity index is 791. The fourth-order valence-corrected chi connectivity index (χ4v) is 1.81. The van der Waals surface area contributed by atoms with Crippen molar-refractivity contribution < 1.29 is 0 Å². The summed E-state index contributed by atoms with van der Waals surface area (Å²) in [6.45, 7) is 0. The smallest absolute Gasteiger partial charge is 0.273 e. The van der Waals surface area contributed by atoms with E-state index in [-0.39, 0.29) is 5.56 Å². The largest absolute Gasteiger partial charge is 0.297 e. The van der Waals surface area contributed by atoms with Crippen LogP contribution in [0.2, 0.25) is 0 Å². The zero-order valence-corrected chi connectivity index (χ0v) is 8.11. The van der Waals surface area contributed by atoms with E-state index in [1.807, 2.05) is 6.07 Å². The maximum absolute atomic E-state index is 11.4. The normalized spacial score (nSPS) is 10.7. The van der Waals surface area contributed by atoms with Gasteiger partial charge in [-0.15, -0.1) is 0 Å². The van der Waals surface area contributed by atoms with Gasteiger partial charge in [0.2, 0.25) is 0 Å². The Balaban J connectivity index is 2.64. The lowest BCUT2D eigenvalue weighted by Crippen LogP contribution is -1.97. The maximum atomic E-state index is 11.4. The number of H-pyrrole nitrogens is 2. The van der Waals surface area contributed by atoms with Crippen LogP contribution < -0.4 is 5.56 Å². The van der Waals surface area contributed by atoms with Gasteiger partial charge in [0.25, 0.3) is 5.56 Å². The van der Waals surface area contributed by atoms with Gasteiger partial charge in [-0.05, 0) is 6.07 Å². The number of fused-ring (bicyclic) bond motifs is 3. The number of hydrogen-bond donors (Lipinski definition) is 2. The number of nitriles is 1. The summed E-state index contributed by atoms with van der Waals surface area (Å²) in [4.78, 5) is 15.5. The molecule has 0 saturated carbocycles. The van der Waals surface area contributed by atoms with E-state index in [1.54, 1.807) is 12.1 Å². The molecule has 76 valence electrons. The van der Waals surface area contributed by atoms with Gasteiger partial charge in [-0.1, -0.05) is 12.1 Å². The molecule has 3 aromatic rings. The number of pyridine rings is 1. The van der Waals surface area contributed by atoms with Gasteiger partial charge in [0, 0.05) is 11.6 Å². The minimum absolute atomic E-state index is 0.202. The topological polar surface area (TPSA) is 85.3 Å². The van der Waals surface area contributed by atoms with Crippen LogP contribution in [0.25, 0.3) is 21.8 Å². The van der Waals surface area contributed by atoms with Crippen LogP contribution in [0.4, 0.5) is 0 Å². The zero-order chi connectivity index (χ0) is 11.1. The Morgan fingerprint density at radius 2 is 2.12 bits per heavy atom. The fraction of sp³-hybridized carbons (Fsp3) is 0. The van der Waals surface area contributed by atoms with Crippen molar-refractivity contribution in [1.82, 2.24) is 15.2 Å². The Hall–Kier alpha value is -2.61. The molecule has 2 heterocycles. The van der Waals surface area contributed by atoms with Crippen molar-refractivity contribution in [2.24, 2.45) is 0 Å². The van der Waals surface area contributed by atoms with E-state index >= 15 is 0 Å². The number of aromatic amines is 2. The molecule has 0 aliphatic rings. The molecule has 16 heavy (non-hydrogen) atoms. The Morgan fingerprint density at radius 3 is 2.94 bits per heavy atom. The van der Waals surface area contributed by atoms with Crippen molar-refractivity contribution in [1.29, 1.82) is 5.26 Å². The van der Waals surface area contributed by atoms with E-state index in [1.165, 1.54) is 6.20 Å². The lowest BCUT2D eigenvalue weighted by atomic mass is 10.1. The van der Waals surface area contributed by atoms with Crippen molar-refractivity contribution in [2.75, 3.05) is 0 Å². The van der Waals surface area contributed by atoms with Gasteiger partial charge in [0.1, 0.15) is 6.07 Å². The zero-order valence-electron chi connectivity index (χ0n) is 8.11. The summed E-state index contributed by atoms with van der Waals surface area (Å²) in [5.74, 6) is 0. The summed E-state index contributed by atoms with van der Waals surface area (Å²) in [5, 5.41) is 15.5. The second kappa shape index (κ2) is 2.94. The first-order valence-electron chi connectivity index (χ1n) is 4.69. The third kappa shape index (κ3) is 0.982. The summed E-state index contributed by atoms with van der Waals surface area (Å²) in [7, 11) is 0. The molecule has 2 aromatic heterocycles. The molecule has 2 N–H and O–H groups in total. The number of nitrogens with one attached hydrogen (secondary N) is 2. The minimum atomic E-state index is -0.202. The predicted octanol–water partition coefficient (Wildman–Crippen LogP) is 1.28. The van der Waals surface area contributed by atoms with Gasteiger partial charge in [-0.2, -0.15) is 5.26 Å². The second-order valence-corrected chi connectivity index (χ2v) is 3.44. The van der Waals surface area contributed by atoms with E-state index in [4.69, 9.17) is 5.26 Å². The third-order valence-corrected chi connectivity index (χ3v) is 2.56. The monoisotopic (exact) mass is 210 g/mol. The molecule has 5 heteroatoms. The lowest BCUT2D eigenvalue weighted by Gasteiger charge is -1.98. The second-order valence-electron chi connectivity index (χ2n) is 3.44. The Morgan fingerprint density at radius 1 is 1.25 bits per heavy atom. The van der Waals surface area contributed by atoms with Crippen LogP contribution in [0.5, 0.6) is 0 Å². The van der Waals surface area contributed by atoms with Crippen LogP contribution >= 0.6 is 0 Å². The van der Waals surface area contributed by atoms with Crippen molar-refractivity contribution >= 4 is 21.8 Å². The van der Waals surface area contributed by atoms with Gasteiger partial charge >= 0.3 is 0 Å². The van der Waals surface area contributed by atoms with Crippen molar-refractivity contribution in [3.63, 3.8) is 0 Å². The molecule has 0 aliphatic carbocycles. The van der Waals surface area contributed by atoms with Crippen LogP contribution in [0, 0.1) is 11.3 Å². The van der Waals surface area contributed by atoms with Crippen molar-refractivity contribution in [3.05, 3.63) is 40.3 Å². The van der Waals surface area contributed by atoms with E-state index in [9.17, 15) is 4.79 Å². The van der Waals surface area contributed by atoms with Gasteiger partial charge in [-0.25, -0.2) is 0 Å². The highest BCUT2D eigenvalue weighted by Gasteiger charge is 2.08. The molecular weight excluding hydrogens is 204 g/mol. The summed E-state index contributed by atoms with van der Waals surface area (Å²) in [6.07, 6.45) is 1.48. The third-order valence-electron chi connectivity index (χ3n) is 2.56. The summed E-state index contributed by atoms with van der Waals surface area (Å²) in [6, 6.07) is 7.38. The average molecular weight is 210 g/mol. The number of benzene rings is 1. The van der Waals surface area contributed by atoms with Crippen LogP contribution in [0.15, 0.2) is 29.2 Å². The molecule has 5 nitrogen and oxygen atoms in total. The molecule has 0 bridgehead atoms. The number of para-hydroxylation sites is 1. The van der Waals surface area contributed by atoms with E-state index in [0.29, 0.717) is 22.0 Å². The summed E-state index contributed by atoms with van der Waals surface area (Å²) < 4.78 is 0. The number of aromatic nitrogens is 3. The number of hydrogen-bond acceptors (Lipinski definition) is 3. The number of nitrogens with zero attached hydrogens (tertiary/aromatic N) is 2. The Labute approximate surface area is 89.3 Å². The van der Waals surface area contributed by atoms with Gasteiger partial charge in [-0.3, -0.25) is 20.0 Å². The summed E-state index contributed by atoms with van der Waals surface area (Å²) in [5.41, 5.74) is 1.59. The van der Waals surface area contributed by atoms with Crippen molar-refractivity contribution in [3.8, 4) is 6.07 Å². The number of rotatable bonds is 0. The maximum Gasteiger partial charge on any atom is 0.273 e. The van der Waals surface area contributed by atoms with Crippen LogP contribution in [0.1, 0.15) is 5.56 Å².